The summed E-state index contributed by atoms with van der Waals surface area (Å²) >= 11 is 0. The second-order valence-electron chi connectivity index (χ2n) is 4.96. The molecule has 0 bridgehead atoms. The van der Waals surface area contributed by atoms with Gasteiger partial charge in [0.15, 0.2) is 0 Å². The fraction of sp³-hybridized carbons (Fsp3) is 0.538. The Morgan fingerprint density at radius 1 is 1.35 bits per heavy atom. The molecule has 0 spiro atoms. The van der Waals surface area contributed by atoms with Gasteiger partial charge in [0.05, 0.1) is 5.69 Å². The first-order chi connectivity index (χ1) is 7.68. The van der Waals surface area contributed by atoms with Crippen LogP contribution in [0.5, 0.6) is 0 Å². The van der Waals surface area contributed by atoms with Crippen molar-refractivity contribution in [1.29, 1.82) is 0 Å². The molecule has 1 aromatic carbocycles. The number of benzene rings is 1. The van der Waals surface area contributed by atoms with Gasteiger partial charge in [0.25, 0.3) is 0 Å². The predicted octanol–water partition coefficient (Wildman–Crippen LogP) is 2.28. The minimum Gasteiger partial charge on any atom is -0.360 e. The second kappa shape index (κ2) is 4.46. The van der Waals surface area contributed by atoms with Crippen LogP contribution in [0.3, 0.4) is 0 Å². The van der Waals surface area contributed by atoms with Gasteiger partial charge in [-0.25, -0.2) is 4.39 Å². The third-order valence-corrected chi connectivity index (χ3v) is 3.85. The predicted molar refractivity (Wildman–Crippen MR) is 70.7 cm³/mol. The number of fused-ring (bicyclic) bond motifs is 3. The lowest BCUT2D eigenvalue weighted by molar-refractivity contribution is 0.425. The highest BCUT2D eigenvalue weighted by atomic mass is 35.5. The smallest absolute Gasteiger partial charge is 0.146 e. The van der Waals surface area contributed by atoms with E-state index in [1.54, 1.807) is 6.07 Å². The molecule has 0 radical (unpaired) electrons. The van der Waals surface area contributed by atoms with Gasteiger partial charge in [0, 0.05) is 25.2 Å². The molecule has 4 heteroatoms. The standard InChI is InChI=1S/C13H17FN2.ClH/c1-8-3-4-12(14)13-11(8)5-10-7-15-6-9(2)16(10)13;/h3-4,9-10,15H,5-7H2,1-2H3;1H/t9?,10-;/m1./s1. The maximum absolute atomic E-state index is 14.0. The molecule has 94 valence electrons. The SMILES string of the molecule is Cc1ccc(F)c2c1C[C@@H]1CNCC(C)N21.Cl. The summed E-state index contributed by atoms with van der Waals surface area (Å²) < 4.78 is 14.0. The van der Waals surface area contributed by atoms with Crippen LogP contribution in [-0.4, -0.2) is 25.2 Å². The molecule has 3 rings (SSSR count). The summed E-state index contributed by atoms with van der Waals surface area (Å²) in [6.07, 6.45) is 0.982. The Labute approximate surface area is 108 Å². The molecule has 2 heterocycles. The number of nitrogens with zero attached hydrogens (tertiary/aromatic N) is 1. The van der Waals surface area contributed by atoms with Crippen molar-refractivity contribution in [2.75, 3.05) is 18.0 Å². The molecule has 1 aromatic rings. The van der Waals surface area contributed by atoms with Gasteiger partial charge in [-0.15, -0.1) is 12.4 Å². The fourth-order valence-electron chi connectivity index (χ4n) is 3.07. The molecular formula is C13H18ClFN2. The first-order valence-electron chi connectivity index (χ1n) is 5.95. The van der Waals surface area contributed by atoms with Crippen LogP contribution in [-0.2, 0) is 6.42 Å². The number of anilines is 1. The molecule has 2 nitrogen and oxygen atoms in total. The van der Waals surface area contributed by atoms with Crippen LogP contribution >= 0.6 is 12.4 Å². The lowest BCUT2D eigenvalue weighted by Gasteiger charge is -2.38. The Morgan fingerprint density at radius 2 is 2.12 bits per heavy atom. The average Bonchev–Trinajstić information content (AvgIpc) is 2.65. The first kappa shape index (κ1) is 12.7. The van der Waals surface area contributed by atoms with Gasteiger partial charge in [-0.1, -0.05) is 6.07 Å². The van der Waals surface area contributed by atoms with Crippen LogP contribution < -0.4 is 10.2 Å². The van der Waals surface area contributed by atoms with E-state index in [2.05, 4.69) is 24.1 Å². The Bertz CT molecular complexity index is 436. The van der Waals surface area contributed by atoms with Crippen LogP contribution in [0.15, 0.2) is 12.1 Å². The van der Waals surface area contributed by atoms with E-state index < -0.39 is 0 Å². The molecule has 17 heavy (non-hydrogen) atoms. The van der Waals surface area contributed by atoms with Crippen molar-refractivity contribution < 1.29 is 4.39 Å². The number of hydrogen-bond acceptors (Lipinski definition) is 2. The van der Waals surface area contributed by atoms with Crippen molar-refractivity contribution >= 4 is 18.1 Å². The zero-order valence-electron chi connectivity index (χ0n) is 10.2. The Hall–Kier alpha value is -0.800. The summed E-state index contributed by atoms with van der Waals surface area (Å²) in [6, 6.07) is 4.32. The number of hydrogen-bond donors (Lipinski definition) is 1. The Morgan fingerprint density at radius 3 is 2.88 bits per heavy atom. The van der Waals surface area contributed by atoms with E-state index >= 15 is 0 Å². The molecule has 1 fully saturated rings. The summed E-state index contributed by atoms with van der Waals surface area (Å²) in [5.41, 5.74) is 3.29. The lowest BCUT2D eigenvalue weighted by Crippen LogP contribution is -2.55. The van der Waals surface area contributed by atoms with E-state index in [4.69, 9.17) is 0 Å². The van der Waals surface area contributed by atoms with Gasteiger partial charge >= 0.3 is 0 Å². The van der Waals surface area contributed by atoms with Crippen molar-refractivity contribution in [3.63, 3.8) is 0 Å². The number of rotatable bonds is 0. The van der Waals surface area contributed by atoms with Crippen LogP contribution in [0, 0.1) is 12.7 Å². The Kier molecular flexibility index (Phi) is 3.32. The van der Waals surface area contributed by atoms with Crippen molar-refractivity contribution in [2.45, 2.75) is 32.4 Å². The van der Waals surface area contributed by atoms with Gasteiger partial charge < -0.3 is 10.2 Å². The molecule has 1 saturated heterocycles. The van der Waals surface area contributed by atoms with E-state index in [1.807, 2.05) is 6.07 Å². The highest BCUT2D eigenvalue weighted by Gasteiger charge is 2.37. The van der Waals surface area contributed by atoms with Gasteiger partial charge in [-0.05, 0) is 37.5 Å². The van der Waals surface area contributed by atoms with E-state index in [1.165, 1.54) is 11.1 Å². The molecule has 1 unspecified atom stereocenters. The molecule has 2 aliphatic heterocycles. The lowest BCUT2D eigenvalue weighted by atomic mass is 10.0. The largest absolute Gasteiger partial charge is 0.360 e. The maximum Gasteiger partial charge on any atom is 0.146 e. The molecule has 0 aliphatic carbocycles. The summed E-state index contributed by atoms with van der Waals surface area (Å²) in [5.74, 6) is -0.0585. The summed E-state index contributed by atoms with van der Waals surface area (Å²) in [4.78, 5) is 2.27. The second-order valence-corrected chi connectivity index (χ2v) is 4.96. The summed E-state index contributed by atoms with van der Waals surface area (Å²) in [6.45, 7) is 6.16. The quantitative estimate of drug-likeness (QED) is 0.766. The number of aryl methyl sites for hydroxylation is 1. The molecule has 2 aliphatic rings. The summed E-state index contributed by atoms with van der Waals surface area (Å²) in [7, 11) is 0. The van der Waals surface area contributed by atoms with Crippen LogP contribution in [0.1, 0.15) is 18.1 Å². The monoisotopic (exact) mass is 256 g/mol. The third kappa shape index (κ3) is 1.81. The molecule has 2 atom stereocenters. The zero-order valence-corrected chi connectivity index (χ0v) is 11.0. The zero-order chi connectivity index (χ0) is 11.3. The number of piperazine rings is 1. The van der Waals surface area contributed by atoms with Gasteiger partial charge in [0.1, 0.15) is 5.82 Å². The summed E-state index contributed by atoms with van der Waals surface area (Å²) in [5, 5.41) is 3.42. The highest BCUT2D eigenvalue weighted by Crippen LogP contribution is 2.38. The first-order valence-corrected chi connectivity index (χ1v) is 5.95. The van der Waals surface area contributed by atoms with Crippen molar-refractivity contribution in [1.82, 2.24) is 5.32 Å². The molecule has 0 amide bonds. The minimum atomic E-state index is -0.0585. The maximum atomic E-state index is 14.0. The fourth-order valence-corrected chi connectivity index (χ4v) is 3.07. The highest BCUT2D eigenvalue weighted by molar-refractivity contribution is 5.85. The third-order valence-electron chi connectivity index (χ3n) is 3.85. The van der Waals surface area contributed by atoms with Crippen LogP contribution in [0.4, 0.5) is 10.1 Å². The molecule has 0 aromatic heterocycles. The molecular weight excluding hydrogens is 239 g/mol. The normalized spacial score (nSPS) is 26.2. The van der Waals surface area contributed by atoms with Crippen LogP contribution in [0.25, 0.3) is 0 Å². The van der Waals surface area contributed by atoms with Crippen molar-refractivity contribution in [3.8, 4) is 0 Å². The average molecular weight is 257 g/mol. The van der Waals surface area contributed by atoms with E-state index in [0.717, 1.165) is 25.2 Å². The Balaban J connectivity index is 0.00000108. The topological polar surface area (TPSA) is 15.3 Å². The molecule has 1 N–H and O–H groups in total. The van der Waals surface area contributed by atoms with Crippen molar-refractivity contribution in [3.05, 3.63) is 29.1 Å². The minimum absolute atomic E-state index is 0. The van der Waals surface area contributed by atoms with Gasteiger partial charge in [-0.2, -0.15) is 0 Å². The van der Waals surface area contributed by atoms with E-state index in [0.29, 0.717) is 12.1 Å². The van der Waals surface area contributed by atoms with Crippen LogP contribution in [0.2, 0.25) is 0 Å². The van der Waals surface area contributed by atoms with E-state index in [9.17, 15) is 4.39 Å². The van der Waals surface area contributed by atoms with E-state index in [-0.39, 0.29) is 18.2 Å². The van der Waals surface area contributed by atoms with Gasteiger partial charge in [0.2, 0.25) is 0 Å². The van der Waals surface area contributed by atoms with Crippen molar-refractivity contribution in [2.24, 2.45) is 0 Å². The van der Waals surface area contributed by atoms with Gasteiger partial charge in [-0.3, -0.25) is 0 Å². The number of halogens is 2. The molecule has 0 saturated carbocycles. The number of nitrogens with one attached hydrogen (secondary N) is 1.